The Morgan fingerprint density at radius 2 is 2.18 bits per heavy atom. The van der Waals surface area contributed by atoms with Gasteiger partial charge in [-0.05, 0) is 44.0 Å². The number of hydrogen-bond donors (Lipinski definition) is 2. The molecule has 6 heteroatoms. The molecule has 0 aliphatic carbocycles. The van der Waals surface area contributed by atoms with Crippen molar-refractivity contribution in [2.45, 2.75) is 32.0 Å². The van der Waals surface area contributed by atoms with Crippen molar-refractivity contribution in [2.24, 2.45) is 5.73 Å². The summed E-state index contributed by atoms with van der Waals surface area (Å²) in [6, 6.07) is 7.71. The van der Waals surface area contributed by atoms with E-state index in [-0.39, 0.29) is 12.0 Å². The summed E-state index contributed by atoms with van der Waals surface area (Å²) in [5.41, 5.74) is 8.40. The third kappa shape index (κ3) is 3.35. The molecule has 0 radical (unpaired) electrons. The topological polar surface area (TPSA) is 77.2 Å². The number of hydrogen-bond acceptors (Lipinski definition) is 5. The number of anilines is 1. The Kier molecular flexibility index (Phi) is 4.52. The van der Waals surface area contributed by atoms with Crippen molar-refractivity contribution in [1.82, 2.24) is 4.98 Å². The first kappa shape index (κ1) is 15.1. The van der Waals surface area contributed by atoms with Crippen molar-refractivity contribution in [2.75, 3.05) is 11.9 Å². The molecule has 0 unspecified atom stereocenters. The smallest absolute Gasteiger partial charge is 0.253 e. The maximum atomic E-state index is 12.1. The van der Waals surface area contributed by atoms with E-state index in [1.165, 1.54) is 0 Å². The minimum atomic E-state index is -0.394. The van der Waals surface area contributed by atoms with Gasteiger partial charge in [-0.25, -0.2) is 4.98 Å². The summed E-state index contributed by atoms with van der Waals surface area (Å²) in [6.07, 6.45) is 1.18. The van der Waals surface area contributed by atoms with Crippen LogP contribution < -0.4 is 11.1 Å². The molecule has 5 nitrogen and oxygen atoms in total. The Morgan fingerprint density at radius 3 is 2.77 bits per heavy atom. The zero-order valence-electron chi connectivity index (χ0n) is 12.4. The van der Waals surface area contributed by atoms with E-state index in [1.54, 1.807) is 11.3 Å². The molecule has 0 saturated carbocycles. The normalized spacial score (nSPS) is 21.0. The maximum Gasteiger partial charge on any atom is 0.253 e. The average molecular weight is 317 g/mol. The zero-order valence-corrected chi connectivity index (χ0v) is 13.2. The van der Waals surface area contributed by atoms with Crippen LogP contribution in [0.1, 0.15) is 18.5 Å². The van der Waals surface area contributed by atoms with E-state index >= 15 is 0 Å². The summed E-state index contributed by atoms with van der Waals surface area (Å²) >= 11 is 1.62. The highest BCUT2D eigenvalue weighted by Gasteiger charge is 2.29. The van der Waals surface area contributed by atoms with Crippen LogP contribution in [0.2, 0.25) is 0 Å². The third-order valence-corrected chi connectivity index (χ3v) is 4.69. The van der Waals surface area contributed by atoms with Gasteiger partial charge in [-0.3, -0.25) is 4.79 Å². The van der Waals surface area contributed by atoms with Crippen LogP contribution in [-0.4, -0.2) is 29.6 Å². The van der Waals surface area contributed by atoms with Gasteiger partial charge in [-0.2, -0.15) is 0 Å². The Labute approximate surface area is 133 Å². The summed E-state index contributed by atoms with van der Waals surface area (Å²) in [5.74, 6) is -0.103. The Bertz CT molecular complexity index is 654. The number of aryl methyl sites for hydroxylation is 1. The number of nitrogens with zero attached hydrogens (tertiary/aromatic N) is 1. The van der Waals surface area contributed by atoms with Gasteiger partial charge in [-0.1, -0.05) is 0 Å². The van der Waals surface area contributed by atoms with Gasteiger partial charge in [0.2, 0.25) is 0 Å². The molecule has 0 spiro atoms. The predicted octanol–water partition coefficient (Wildman–Crippen LogP) is 2.56. The number of nitrogens with one attached hydrogen (secondary N) is 1. The number of amides is 1. The van der Waals surface area contributed by atoms with E-state index in [2.05, 4.69) is 10.3 Å². The van der Waals surface area contributed by atoms with Gasteiger partial charge in [0.15, 0.2) is 0 Å². The van der Waals surface area contributed by atoms with Crippen LogP contribution in [0.3, 0.4) is 0 Å². The monoisotopic (exact) mass is 317 g/mol. The number of aromatic nitrogens is 1. The van der Waals surface area contributed by atoms with Gasteiger partial charge in [0.1, 0.15) is 11.1 Å². The second-order valence-electron chi connectivity index (χ2n) is 5.42. The molecule has 1 saturated heterocycles. The highest BCUT2D eigenvalue weighted by atomic mass is 32.1. The zero-order chi connectivity index (χ0) is 15.5. The van der Waals surface area contributed by atoms with Gasteiger partial charge in [-0.15, -0.1) is 11.3 Å². The molecule has 1 aliphatic rings. The van der Waals surface area contributed by atoms with Gasteiger partial charge >= 0.3 is 0 Å². The quantitative estimate of drug-likeness (QED) is 0.908. The molecular weight excluding hydrogens is 298 g/mol. The molecule has 1 aromatic heterocycles. The first-order chi connectivity index (χ1) is 10.7. The number of thiazole rings is 1. The van der Waals surface area contributed by atoms with Crippen LogP contribution in [0.4, 0.5) is 5.69 Å². The van der Waals surface area contributed by atoms with Crippen molar-refractivity contribution in [3.8, 4) is 10.6 Å². The SMILES string of the molecule is Cc1csc(-c2ccc(NC(=O)[C@@H]3CC[C@H](CN)O3)cc2)n1. The lowest BCUT2D eigenvalue weighted by Gasteiger charge is -2.12. The standard InChI is InChI=1S/C16H19N3O2S/c1-10-9-22-16(18-10)11-2-4-12(5-3-11)19-15(20)14-7-6-13(8-17)21-14/h2-5,9,13-14H,6-8,17H2,1H3,(H,19,20)/t13-,14+/m1/s1. The number of ether oxygens (including phenoxy) is 1. The molecule has 116 valence electrons. The number of rotatable bonds is 4. The van der Waals surface area contributed by atoms with Crippen molar-refractivity contribution >= 4 is 22.9 Å². The van der Waals surface area contributed by atoms with Crippen molar-refractivity contribution in [3.63, 3.8) is 0 Å². The minimum absolute atomic E-state index is 0.00580. The van der Waals surface area contributed by atoms with Gasteiger partial charge in [0.05, 0.1) is 6.10 Å². The molecule has 1 aliphatic heterocycles. The largest absolute Gasteiger partial charge is 0.364 e. The summed E-state index contributed by atoms with van der Waals surface area (Å²) in [7, 11) is 0. The minimum Gasteiger partial charge on any atom is -0.364 e. The van der Waals surface area contributed by atoms with Crippen molar-refractivity contribution in [1.29, 1.82) is 0 Å². The highest BCUT2D eigenvalue weighted by molar-refractivity contribution is 7.13. The lowest BCUT2D eigenvalue weighted by atomic mass is 10.1. The Balaban J connectivity index is 1.62. The highest BCUT2D eigenvalue weighted by Crippen LogP contribution is 2.25. The molecule has 2 heterocycles. The van der Waals surface area contributed by atoms with E-state index in [9.17, 15) is 4.79 Å². The fourth-order valence-electron chi connectivity index (χ4n) is 2.48. The van der Waals surface area contributed by atoms with E-state index < -0.39 is 6.10 Å². The van der Waals surface area contributed by atoms with Crippen LogP contribution in [-0.2, 0) is 9.53 Å². The van der Waals surface area contributed by atoms with Crippen LogP contribution in [0, 0.1) is 6.92 Å². The second-order valence-corrected chi connectivity index (χ2v) is 6.28. The first-order valence-electron chi connectivity index (χ1n) is 7.34. The van der Waals surface area contributed by atoms with E-state index in [1.807, 2.05) is 36.6 Å². The summed E-state index contributed by atoms with van der Waals surface area (Å²) in [5, 5.41) is 5.90. The fraction of sp³-hybridized carbons (Fsp3) is 0.375. The summed E-state index contributed by atoms with van der Waals surface area (Å²) in [6.45, 7) is 2.44. The van der Waals surface area contributed by atoms with Gasteiger partial charge in [0, 0.05) is 28.9 Å². The number of carbonyl (C=O) groups excluding carboxylic acids is 1. The van der Waals surface area contributed by atoms with Crippen LogP contribution in [0.25, 0.3) is 10.6 Å². The van der Waals surface area contributed by atoms with Crippen LogP contribution >= 0.6 is 11.3 Å². The molecule has 1 amide bonds. The van der Waals surface area contributed by atoms with Crippen molar-refractivity contribution < 1.29 is 9.53 Å². The molecule has 0 bridgehead atoms. The first-order valence-corrected chi connectivity index (χ1v) is 8.22. The van der Waals surface area contributed by atoms with Crippen LogP contribution in [0.15, 0.2) is 29.6 Å². The maximum absolute atomic E-state index is 12.1. The average Bonchev–Trinajstić information content (AvgIpc) is 3.17. The van der Waals surface area contributed by atoms with Gasteiger partial charge < -0.3 is 15.8 Å². The second kappa shape index (κ2) is 6.56. The number of nitrogens with two attached hydrogens (primary N) is 1. The Morgan fingerprint density at radius 1 is 1.41 bits per heavy atom. The molecule has 3 N–H and O–H groups in total. The molecule has 22 heavy (non-hydrogen) atoms. The van der Waals surface area contributed by atoms with Crippen molar-refractivity contribution in [3.05, 3.63) is 35.3 Å². The van der Waals surface area contributed by atoms with Crippen LogP contribution in [0.5, 0.6) is 0 Å². The predicted molar refractivity (Wildman–Crippen MR) is 87.9 cm³/mol. The lowest BCUT2D eigenvalue weighted by molar-refractivity contribution is -0.126. The molecule has 2 atom stereocenters. The third-order valence-electron chi connectivity index (χ3n) is 3.68. The number of benzene rings is 1. The molecule has 3 rings (SSSR count). The molecule has 1 aromatic carbocycles. The Hall–Kier alpha value is -1.76. The number of carbonyl (C=O) groups is 1. The van der Waals surface area contributed by atoms with Gasteiger partial charge in [0.25, 0.3) is 5.91 Å². The fourth-order valence-corrected chi connectivity index (χ4v) is 3.28. The van der Waals surface area contributed by atoms with E-state index in [0.717, 1.165) is 34.8 Å². The van der Waals surface area contributed by atoms with E-state index in [0.29, 0.717) is 6.54 Å². The van der Waals surface area contributed by atoms with E-state index in [4.69, 9.17) is 10.5 Å². The molecule has 1 fully saturated rings. The summed E-state index contributed by atoms with van der Waals surface area (Å²) < 4.78 is 5.60. The summed E-state index contributed by atoms with van der Waals surface area (Å²) in [4.78, 5) is 16.6. The molecular formula is C16H19N3O2S. The molecule has 2 aromatic rings. The lowest BCUT2D eigenvalue weighted by Crippen LogP contribution is -2.29.